The van der Waals surface area contributed by atoms with Crippen LogP contribution in [0.3, 0.4) is 0 Å². The fourth-order valence-corrected chi connectivity index (χ4v) is 2.40. The first kappa shape index (κ1) is 14.3. The summed E-state index contributed by atoms with van der Waals surface area (Å²) in [5, 5.41) is 23.6. The lowest BCUT2D eigenvalue weighted by atomic mass is 9.93. The molecular formula is C15H23NO3. The number of aliphatic hydroxyl groups is 1. The smallest absolute Gasteiger partial charge is 0.120 e. The van der Waals surface area contributed by atoms with Gasteiger partial charge in [-0.25, -0.2) is 0 Å². The zero-order valence-electron chi connectivity index (χ0n) is 11.6. The van der Waals surface area contributed by atoms with Crippen molar-refractivity contribution in [2.45, 2.75) is 38.3 Å². The van der Waals surface area contributed by atoms with Crippen LogP contribution in [0.4, 0.5) is 0 Å². The zero-order valence-corrected chi connectivity index (χ0v) is 11.6. The molecule has 1 saturated heterocycles. The monoisotopic (exact) mass is 265 g/mol. The van der Waals surface area contributed by atoms with Gasteiger partial charge in [-0.15, -0.1) is 0 Å². The Bertz CT molecular complexity index is 427. The molecule has 1 heterocycles. The number of phenols is 1. The van der Waals surface area contributed by atoms with Gasteiger partial charge in [-0.2, -0.15) is 0 Å². The molecule has 0 aliphatic carbocycles. The number of hydrogen-bond donors (Lipinski definition) is 3. The fraction of sp³-hybridized carbons (Fsp3) is 0.600. The largest absolute Gasteiger partial charge is 0.508 e. The average Bonchev–Trinajstić information content (AvgIpc) is 2.40. The number of benzene rings is 1. The molecule has 1 unspecified atom stereocenters. The highest BCUT2D eigenvalue weighted by Crippen LogP contribution is 2.26. The third-order valence-electron chi connectivity index (χ3n) is 3.81. The van der Waals surface area contributed by atoms with Crippen molar-refractivity contribution < 1.29 is 14.9 Å². The first-order chi connectivity index (χ1) is 9.00. The van der Waals surface area contributed by atoms with Crippen LogP contribution in [0.15, 0.2) is 18.2 Å². The highest BCUT2D eigenvalue weighted by Gasteiger charge is 2.30. The van der Waals surface area contributed by atoms with E-state index >= 15 is 0 Å². The van der Waals surface area contributed by atoms with Gasteiger partial charge in [-0.3, -0.25) is 0 Å². The lowest BCUT2D eigenvalue weighted by Gasteiger charge is -2.33. The second kappa shape index (κ2) is 5.90. The maximum Gasteiger partial charge on any atom is 0.120 e. The fourth-order valence-electron chi connectivity index (χ4n) is 2.40. The summed E-state index contributed by atoms with van der Waals surface area (Å²) in [5.41, 5.74) is 1.30. The molecule has 0 radical (unpaired) electrons. The number of nitrogens with one attached hydrogen (secondary N) is 1. The molecule has 1 aromatic rings. The summed E-state index contributed by atoms with van der Waals surface area (Å²) < 4.78 is 5.26. The summed E-state index contributed by atoms with van der Waals surface area (Å²) in [4.78, 5) is 0. The van der Waals surface area contributed by atoms with Gasteiger partial charge in [0.2, 0.25) is 0 Å². The van der Waals surface area contributed by atoms with Crippen molar-refractivity contribution in [3.8, 4) is 5.75 Å². The average molecular weight is 265 g/mol. The third-order valence-corrected chi connectivity index (χ3v) is 3.81. The van der Waals surface area contributed by atoms with Crippen molar-refractivity contribution in [1.29, 1.82) is 0 Å². The van der Waals surface area contributed by atoms with Crippen LogP contribution >= 0.6 is 0 Å². The van der Waals surface area contributed by atoms with E-state index in [1.54, 1.807) is 6.07 Å². The second-order valence-electron chi connectivity index (χ2n) is 5.50. The number of aromatic hydroxyl groups is 1. The van der Waals surface area contributed by atoms with E-state index in [0.717, 1.165) is 11.1 Å². The van der Waals surface area contributed by atoms with Crippen LogP contribution in [0.5, 0.6) is 5.75 Å². The van der Waals surface area contributed by atoms with Gasteiger partial charge in [0.1, 0.15) is 5.75 Å². The van der Waals surface area contributed by atoms with E-state index in [0.29, 0.717) is 38.3 Å². The molecule has 0 amide bonds. The van der Waals surface area contributed by atoms with E-state index in [-0.39, 0.29) is 6.04 Å². The lowest BCUT2D eigenvalue weighted by molar-refractivity contribution is -0.0626. The molecule has 4 nitrogen and oxygen atoms in total. The molecule has 1 atom stereocenters. The highest BCUT2D eigenvalue weighted by atomic mass is 16.5. The molecule has 19 heavy (non-hydrogen) atoms. The Morgan fingerprint density at radius 1 is 1.37 bits per heavy atom. The number of phenolic OH excluding ortho intramolecular Hbond substituents is 1. The topological polar surface area (TPSA) is 61.7 Å². The van der Waals surface area contributed by atoms with Gasteiger partial charge in [0.15, 0.2) is 0 Å². The Labute approximate surface area is 114 Å². The van der Waals surface area contributed by atoms with Crippen molar-refractivity contribution in [3.05, 3.63) is 29.3 Å². The van der Waals surface area contributed by atoms with Gasteiger partial charge in [0.25, 0.3) is 0 Å². The SMILES string of the molecule is Cc1ccc(O)c(C(C)NCC2(O)CCOCC2)c1. The van der Waals surface area contributed by atoms with Gasteiger partial charge in [-0.05, 0) is 19.9 Å². The lowest BCUT2D eigenvalue weighted by Crippen LogP contribution is -2.45. The minimum absolute atomic E-state index is 0.00627. The molecular weight excluding hydrogens is 242 g/mol. The molecule has 2 rings (SSSR count). The van der Waals surface area contributed by atoms with E-state index < -0.39 is 5.60 Å². The maximum absolute atomic E-state index is 10.4. The zero-order chi connectivity index (χ0) is 13.9. The van der Waals surface area contributed by atoms with Gasteiger partial charge in [-0.1, -0.05) is 17.7 Å². The maximum atomic E-state index is 10.4. The first-order valence-electron chi connectivity index (χ1n) is 6.83. The van der Waals surface area contributed by atoms with Crippen LogP contribution in [0.25, 0.3) is 0 Å². The van der Waals surface area contributed by atoms with E-state index in [1.165, 1.54) is 0 Å². The number of aryl methyl sites for hydroxylation is 1. The van der Waals surface area contributed by atoms with E-state index in [9.17, 15) is 10.2 Å². The minimum Gasteiger partial charge on any atom is -0.508 e. The number of hydrogen-bond acceptors (Lipinski definition) is 4. The summed E-state index contributed by atoms with van der Waals surface area (Å²) >= 11 is 0. The van der Waals surface area contributed by atoms with Crippen molar-refractivity contribution in [1.82, 2.24) is 5.32 Å². The summed E-state index contributed by atoms with van der Waals surface area (Å²) in [7, 11) is 0. The molecule has 0 saturated carbocycles. The Kier molecular flexibility index (Phi) is 4.45. The van der Waals surface area contributed by atoms with Crippen molar-refractivity contribution in [3.63, 3.8) is 0 Å². The predicted octanol–water partition coefficient (Wildman–Crippen LogP) is 1.89. The summed E-state index contributed by atoms with van der Waals surface area (Å²) in [6.45, 7) is 5.74. The predicted molar refractivity (Wildman–Crippen MR) is 74.3 cm³/mol. The van der Waals surface area contributed by atoms with E-state index in [2.05, 4.69) is 5.32 Å². The Hall–Kier alpha value is -1.10. The van der Waals surface area contributed by atoms with Crippen LogP contribution in [-0.4, -0.2) is 35.6 Å². The molecule has 4 heteroatoms. The number of ether oxygens (including phenoxy) is 1. The normalized spacial score (nSPS) is 20.2. The van der Waals surface area contributed by atoms with E-state index in [1.807, 2.05) is 26.0 Å². The molecule has 0 bridgehead atoms. The Morgan fingerprint density at radius 2 is 2.05 bits per heavy atom. The van der Waals surface area contributed by atoms with Crippen molar-refractivity contribution >= 4 is 0 Å². The van der Waals surface area contributed by atoms with Gasteiger partial charge >= 0.3 is 0 Å². The molecule has 0 spiro atoms. The molecule has 0 aromatic heterocycles. The van der Waals surface area contributed by atoms with E-state index in [4.69, 9.17) is 4.74 Å². The van der Waals surface area contributed by atoms with Crippen molar-refractivity contribution in [2.24, 2.45) is 0 Å². The standard InChI is InChI=1S/C15H23NO3/c1-11-3-4-14(17)13(9-11)12(2)16-10-15(18)5-7-19-8-6-15/h3-4,9,12,16-18H,5-8,10H2,1-2H3. The van der Waals surface area contributed by atoms with Gasteiger partial charge < -0.3 is 20.3 Å². The second-order valence-corrected chi connectivity index (χ2v) is 5.50. The summed E-state index contributed by atoms with van der Waals surface area (Å²) in [6.07, 6.45) is 1.32. The van der Waals surface area contributed by atoms with Crippen LogP contribution in [0, 0.1) is 6.92 Å². The Morgan fingerprint density at radius 3 is 2.74 bits per heavy atom. The van der Waals surface area contributed by atoms with Gasteiger partial charge in [0, 0.05) is 44.2 Å². The highest BCUT2D eigenvalue weighted by molar-refractivity contribution is 5.37. The number of rotatable bonds is 4. The van der Waals surface area contributed by atoms with Gasteiger partial charge in [0.05, 0.1) is 5.60 Å². The van der Waals surface area contributed by atoms with Crippen LogP contribution in [-0.2, 0) is 4.74 Å². The van der Waals surface area contributed by atoms with Crippen LogP contribution < -0.4 is 5.32 Å². The molecule has 3 N–H and O–H groups in total. The van der Waals surface area contributed by atoms with Crippen molar-refractivity contribution in [2.75, 3.05) is 19.8 Å². The Balaban J connectivity index is 1.97. The first-order valence-corrected chi connectivity index (χ1v) is 6.83. The molecule has 1 aliphatic heterocycles. The summed E-state index contributed by atoms with van der Waals surface area (Å²) in [5.74, 6) is 0.296. The quantitative estimate of drug-likeness (QED) is 0.778. The summed E-state index contributed by atoms with van der Waals surface area (Å²) in [6, 6.07) is 5.58. The molecule has 1 aliphatic rings. The molecule has 1 fully saturated rings. The third kappa shape index (κ3) is 3.69. The molecule has 106 valence electrons. The van der Waals surface area contributed by atoms with Crippen LogP contribution in [0.2, 0.25) is 0 Å². The van der Waals surface area contributed by atoms with Crippen LogP contribution in [0.1, 0.15) is 36.9 Å². The molecule has 1 aromatic carbocycles. The minimum atomic E-state index is -0.689.